The molecule has 0 unspecified atom stereocenters. The molecule has 2 aromatic rings. The number of fused-ring (bicyclic) bond motifs is 1. The maximum absolute atomic E-state index is 5.63. The first-order chi connectivity index (χ1) is 8.31. The van der Waals surface area contributed by atoms with Crippen LogP contribution in [0.15, 0.2) is 30.3 Å². The van der Waals surface area contributed by atoms with Crippen LogP contribution in [-0.2, 0) is 12.8 Å². The first kappa shape index (κ1) is 10.1. The third-order valence-electron chi connectivity index (χ3n) is 2.95. The van der Waals surface area contributed by atoms with Crippen molar-refractivity contribution >= 4 is 5.82 Å². The summed E-state index contributed by atoms with van der Waals surface area (Å²) >= 11 is 0. The Kier molecular flexibility index (Phi) is 2.40. The predicted molar refractivity (Wildman–Crippen MR) is 65.0 cm³/mol. The fourth-order valence-electron chi connectivity index (χ4n) is 2.12. The van der Waals surface area contributed by atoms with Gasteiger partial charge in [0.15, 0.2) is 0 Å². The van der Waals surface area contributed by atoms with Gasteiger partial charge in [-0.3, -0.25) is 0 Å². The maximum atomic E-state index is 5.63. The molecule has 2 N–H and O–H groups in total. The number of rotatable bonds is 2. The van der Waals surface area contributed by atoms with E-state index in [4.69, 9.17) is 10.5 Å². The van der Waals surface area contributed by atoms with Crippen molar-refractivity contribution in [3.05, 3.63) is 41.5 Å². The van der Waals surface area contributed by atoms with Crippen molar-refractivity contribution in [1.82, 2.24) is 10.2 Å². The summed E-state index contributed by atoms with van der Waals surface area (Å²) in [5.41, 5.74) is 8.28. The summed E-state index contributed by atoms with van der Waals surface area (Å²) in [6.07, 6.45) is 3.55. The number of hydrogen-bond donors (Lipinski definition) is 1. The van der Waals surface area contributed by atoms with E-state index in [9.17, 15) is 0 Å². The molecule has 1 heterocycles. The third-order valence-corrected chi connectivity index (χ3v) is 2.95. The van der Waals surface area contributed by atoms with E-state index in [1.165, 1.54) is 24.0 Å². The van der Waals surface area contributed by atoms with Gasteiger partial charge in [-0.1, -0.05) is 6.07 Å². The largest absolute Gasteiger partial charge is 0.438 e. The molecular formula is C13H13N3O. The summed E-state index contributed by atoms with van der Waals surface area (Å²) in [4.78, 5) is 0. The molecule has 4 heteroatoms. The lowest BCUT2D eigenvalue weighted by molar-refractivity contribution is 0.455. The Bertz CT molecular complexity index is 537. The van der Waals surface area contributed by atoms with Gasteiger partial charge in [0.25, 0.3) is 0 Å². The van der Waals surface area contributed by atoms with Gasteiger partial charge in [0.1, 0.15) is 11.6 Å². The predicted octanol–water partition coefficient (Wildman–Crippen LogP) is 2.34. The van der Waals surface area contributed by atoms with Crippen LogP contribution in [0, 0.1) is 0 Å². The normalized spacial score (nSPS) is 13.4. The van der Waals surface area contributed by atoms with Crippen molar-refractivity contribution < 1.29 is 4.74 Å². The van der Waals surface area contributed by atoms with E-state index in [1.54, 1.807) is 12.1 Å². The first-order valence-corrected chi connectivity index (χ1v) is 5.70. The number of nitrogen functional groups attached to an aromatic ring is 1. The molecule has 1 aliphatic carbocycles. The van der Waals surface area contributed by atoms with Crippen molar-refractivity contribution in [1.29, 1.82) is 0 Å². The van der Waals surface area contributed by atoms with Gasteiger partial charge < -0.3 is 10.5 Å². The van der Waals surface area contributed by atoms with Gasteiger partial charge in [-0.15, -0.1) is 10.2 Å². The molecule has 0 atom stereocenters. The molecule has 17 heavy (non-hydrogen) atoms. The highest BCUT2D eigenvalue weighted by molar-refractivity contribution is 5.40. The Morgan fingerprint density at radius 1 is 1.00 bits per heavy atom. The van der Waals surface area contributed by atoms with E-state index >= 15 is 0 Å². The zero-order valence-electron chi connectivity index (χ0n) is 9.39. The summed E-state index contributed by atoms with van der Waals surface area (Å²) in [7, 11) is 0. The number of benzene rings is 1. The van der Waals surface area contributed by atoms with Crippen LogP contribution >= 0.6 is 0 Å². The number of nitrogens with two attached hydrogens (primary N) is 1. The Labute approximate surface area is 99.4 Å². The molecule has 0 amide bonds. The highest BCUT2D eigenvalue weighted by Crippen LogP contribution is 2.28. The molecule has 1 aromatic heterocycles. The zero-order valence-corrected chi connectivity index (χ0v) is 9.39. The number of anilines is 1. The van der Waals surface area contributed by atoms with Crippen LogP contribution < -0.4 is 10.5 Å². The highest BCUT2D eigenvalue weighted by atomic mass is 16.5. The SMILES string of the molecule is Nc1ccc(Oc2ccc3c(c2)CCC3)nn1. The van der Waals surface area contributed by atoms with Gasteiger partial charge in [-0.2, -0.15) is 0 Å². The second kappa shape index (κ2) is 4.05. The smallest absolute Gasteiger partial charge is 0.238 e. The summed E-state index contributed by atoms with van der Waals surface area (Å²) in [5, 5.41) is 7.62. The van der Waals surface area contributed by atoms with Gasteiger partial charge in [-0.05, 0) is 48.6 Å². The number of aromatic nitrogens is 2. The number of aryl methyl sites for hydroxylation is 2. The number of nitrogens with zero attached hydrogens (tertiary/aromatic N) is 2. The second-order valence-electron chi connectivity index (χ2n) is 4.18. The molecule has 1 aliphatic rings. The van der Waals surface area contributed by atoms with E-state index in [0.29, 0.717) is 11.7 Å². The minimum Gasteiger partial charge on any atom is -0.438 e. The van der Waals surface area contributed by atoms with Crippen LogP contribution in [-0.4, -0.2) is 10.2 Å². The minimum absolute atomic E-state index is 0.395. The summed E-state index contributed by atoms with van der Waals surface area (Å²) < 4.78 is 5.63. The molecule has 0 fully saturated rings. The van der Waals surface area contributed by atoms with Crippen LogP contribution in [0.1, 0.15) is 17.5 Å². The fraction of sp³-hybridized carbons (Fsp3) is 0.231. The Morgan fingerprint density at radius 2 is 1.88 bits per heavy atom. The number of hydrogen-bond acceptors (Lipinski definition) is 4. The Balaban J connectivity index is 1.83. The molecule has 0 saturated heterocycles. The zero-order chi connectivity index (χ0) is 11.7. The van der Waals surface area contributed by atoms with E-state index in [-0.39, 0.29) is 0 Å². The molecule has 86 valence electrons. The number of ether oxygens (including phenoxy) is 1. The van der Waals surface area contributed by atoms with Crippen molar-refractivity contribution in [3.63, 3.8) is 0 Å². The highest BCUT2D eigenvalue weighted by Gasteiger charge is 2.11. The molecule has 3 rings (SSSR count). The molecule has 4 nitrogen and oxygen atoms in total. The van der Waals surface area contributed by atoms with Crippen LogP contribution in [0.4, 0.5) is 5.82 Å². The summed E-state index contributed by atoms with van der Waals surface area (Å²) in [6.45, 7) is 0. The molecular weight excluding hydrogens is 214 g/mol. The lowest BCUT2D eigenvalue weighted by Crippen LogP contribution is -1.95. The average molecular weight is 227 g/mol. The van der Waals surface area contributed by atoms with Gasteiger partial charge >= 0.3 is 0 Å². The fourth-order valence-corrected chi connectivity index (χ4v) is 2.12. The van der Waals surface area contributed by atoms with Crippen LogP contribution in [0.25, 0.3) is 0 Å². The van der Waals surface area contributed by atoms with E-state index in [1.807, 2.05) is 6.07 Å². The van der Waals surface area contributed by atoms with E-state index < -0.39 is 0 Å². The molecule has 0 spiro atoms. The second-order valence-corrected chi connectivity index (χ2v) is 4.18. The lowest BCUT2D eigenvalue weighted by Gasteiger charge is -2.06. The quantitative estimate of drug-likeness (QED) is 0.855. The standard InChI is InChI=1S/C13H13N3O/c14-12-6-7-13(16-15-12)17-11-5-4-9-2-1-3-10(9)8-11/h4-8H,1-3H2,(H2,14,15). The molecule has 0 saturated carbocycles. The van der Waals surface area contributed by atoms with Gasteiger partial charge in [-0.25, -0.2) is 0 Å². The van der Waals surface area contributed by atoms with Crippen molar-refractivity contribution in [2.75, 3.05) is 5.73 Å². The van der Waals surface area contributed by atoms with Crippen molar-refractivity contribution in [2.24, 2.45) is 0 Å². The monoisotopic (exact) mass is 227 g/mol. The maximum Gasteiger partial charge on any atom is 0.238 e. The van der Waals surface area contributed by atoms with Gasteiger partial charge in [0.05, 0.1) is 0 Å². The van der Waals surface area contributed by atoms with Crippen molar-refractivity contribution in [3.8, 4) is 11.6 Å². The molecule has 0 aliphatic heterocycles. The van der Waals surface area contributed by atoms with Gasteiger partial charge in [0, 0.05) is 6.07 Å². The minimum atomic E-state index is 0.395. The van der Waals surface area contributed by atoms with Crippen LogP contribution in [0.2, 0.25) is 0 Å². The molecule has 0 bridgehead atoms. The first-order valence-electron chi connectivity index (χ1n) is 5.70. The summed E-state index contributed by atoms with van der Waals surface area (Å²) in [6, 6.07) is 9.58. The Morgan fingerprint density at radius 3 is 2.71 bits per heavy atom. The van der Waals surface area contributed by atoms with Gasteiger partial charge in [0.2, 0.25) is 5.88 Å². The van der Waals surface area contributed by atoms with E-state index in [0.717, 1.165) is 12.2 Å². The third kappa shape index (κ3) is 2.06. The van der Waals surface area contributed by atoms with Crippen molar-refractivity contribution in [2.45, 2.75) is 19.3 Å². The van der Waals surface area contributed by atoms with Crippen LogP contribution in [0.5, 0.6) is 11.6 Å². The average Bonchev–Trinajstić information content (AvgIpc) is 2.79. The summed E-state index contributed by atoms with van der Waals surface area (Å²) in [5.74, 6) is 1.67. The molecule has 0 radical (unpaired) electrons. The lowest BCUT2D eigenvalue weighted by atomic mass is 10.1. The Hall–Kier alpha value is -2.10. The molecule has 1 aromatic carbocycles. The topological polar surface area (TPSA) is 61.0 Å². The van der Waals surface area contributed by atoms with E-state index in [2.05, 4.69) is 22.3 Å². The van der Waals surface area contributed by atoms with Crippen LogP contribution in [0.3, 0.4) is 0 Å².